The smallest absolute Gasteiger partial charge is 0.274 e. The van der Waals surface area contributed by atoms with Gasteiger partial charge in [0.2, 0.25) is 5.91 Å². The highest BCUT2D eigenvalue weighted by atomic mass is 16.2. The molecule has 2 aromatic heterocycles. The summed E-state index contributed by atoms with van der Waals surface area (Å²) in [5.41, 5.74) is 1.19. The zero-order valence-electron chi connectivity index (χ0n) is 14.7. The van der Waals surface area contributed by atoms with Gasteiger partial charge in [-0.15, -0.1) is 0 Å². The molecule has 1 aliphatic rings. The average molecular weight is 361 g/mol. The van der Waals surface area contributed by atoms with Crippen molar-refractivity contribution >= 4 is 11.8 Å². The number of aromatic nitrogens is 3. The summed E-state index contributed by atoms with van der Waals surface area (Å²) >= 11 is 0. The molecule has 1 aliphatic heterocycles. The van der Waals surface area contributed by atoms with Crippen LogP contribution in [-0.4, -0.2) is 50.9 Å². The van der Waals surface area contributed by atoms with Gasteiger partial charge < -0.3 is 10.2 Å². The van der Waals surface area contributed by atoms with Gasteiger partial charge in [0.25, 0.3) is 5.91 Å². The second-order valence-corrected chi connectivity index (χ2v) is 6.30. The highest BCUT2D eigenvalue weighted by Crippen LogP contribution is 2.22. The Labute approximate surface area is 156 Å². The fourth-order valence-electron chi connectivity index (χ4n) is 3.09. The fraction of sp³-hybridized carbons (Fsp3) is 0.200. The van der Waals surface area contributed by atoms with Gasteiger partial charge in [0, 0.05) is 31.0 Å². The van der Waals surface area contributed by atoms with Crippen molar-refractivity contribution < 1.29 is 9.59 Å². The maximum Gasteiger partial charge on any atom is 0.274 e. The predicted octanol–water partition coefficient (Wildman–Crippen LogP) is 1.90. The molecule has 1 fully saturated rings. The van der Waals surface area contributed by atoms with E-state index in [1.54, 1.807) is 21.9 Å². The highest BCUT2D eigenvalue weighted by Gasteiger charge is 2.24. The summed E-state index contributed by atoms with van der Waals surface area (Å²) < 4.78 is 1.81. The van der Waals surface area contributed by atoms with Crippen molar-refractivity contribution in [2.75, 3.05) is 19.6 Å². The summed E-state index contributed by atoms with van der Waals surface area (Å²) in [5, 5.41) is 2.78. The number of nitrogens with one attached hydrogen (secondary N) is 1. The van der Waals surface area contributed by atoms with Crippen molar-refractivity contribution in [1.82, 2.24) is 24.8 Å². The minimum Gasteiger partial charge on any atom is -0.354 e. The lowest BCUT2D eigenvalue weighted by Crippen LogP contribution is -2.37. The number of pyridine rings is 1. The number of carbonyl (C=O) groups is 2. The van der Waals surface area contributed by atoms with Gasteiger partial charge in [-0.25, -0.2) is 9.97 Å². The van der Waals surface area contributed by atoms with Crippen molar-refractivity contribution in [2.24, 2.45) is 0 Å². The first-order valence-electron chi connectivity index (χ1n) is 8.84. The van der Waals surface area contributed by atoms with Crippen LogP contribution in [0, 0.1) is 0 Å². The van der Waals surface area contributed by atoms with Gasteiger partial charge in [0.1, 0.15) is 17.3 Å². The molecule has 136 valence electrons. The number of amides is 2. The molecule has 27 heavy (non-hydrogen) atoms. The van der Waals surface area contributed by atoms with E-state index in [1.807, 2.05) is 48.5 Å². The quantitative estimate of drug-likeness (QED) is 0.773. The van der Waals surface area contributed by atoms with E-state index in [-0.39, 0.29) is 18.4 Å². The van der Waals surface area contributed by atoms with Crippen molar-refractivity contribution in [1.29, 1.82) is 0 Å². The number of nitrogens with zero attached hydrogens (tertiary/aromatic N) is 4. The van der Waals surface area contributed by atoms with Crippen LogP contribution in [0.4, 0.5) is 0 Å². The third-order valence-electron chi connectivity index (χ3n) is 4.40. The molecule has 0 radical (unpaired) electrons. The first-order valence-corrected chi connectivity index (χ1v) is 8.84. The largest absolute Gasteiger partial charge is 0.354 e. The topological polar surface area (TPSA) is 80.1 Å². The molecule has 2 amide bonds. The molecule has 0 spiro atoms. The maximum atomic E-state index is 13.0. The molecule has 3 aromatic rings. The Balaban J connectivity index is 1.75. The molecule has 0 saturated carbocycles. The number of hydrogen-bond donors (Lipinski definition) is 1. The first-order chi connectivity index (χ1) is 13.2. The van der Waals surface area contributed by atoms with Gasteiger partial charge in [-0.05, 0) is 18.6 Å². The van der Waals surface area contributed by atoms with E-state index < -0.39 is 0 Å². The summed E-state index contributed by atoms with van der Waals surface area (Å²) in [5.74, 6) is 0.917. The second kappa shape index (κ2) is 7.41. The normalized spacial score (nSPS) is 14.5. The fourth-order valence-corrected chi connectivity index (χ4v) is 3.09. The molecular formula is C20H19N5O2. The minimum atomic E-state index is -0.251. The zero-order valence-corrected chi connectivity index (χ0v) is 14.7. The zero-order chi connectivity index (χ0) is 18.6. The Hall–Kier alpha value is -3.48. The SMILES string of the molecule is O=C1CN(C(=O)c2cn(-c3ccccn3)c(-c3ccccc3)n2)CCCN1. The van der Waals surface area contributed by atoms with E-state index in [1.165, 1.54) is 0 Å². The molecule has 7 nitrogen and oxygen atoms in total. The van der Waals surface area contributed by atoms with Gasteiger partial charge >= 0.3 is 0 Å². The van der Waals surface area contributed by atoms with Crippen LogP contribution < -0.4 is 5.32 Å². The summed E-state index contributed by atoms with van der Waals surface area (Å²) in [6, 6.07) is 15.2. The summed E-state index contributed by atoms with van der Waals surface area (Å²) in [6.07, 6.45) is 4.12. The third-order valence-corrected chi connectivity index (χ3v) is 4.40. The highest BCUT2D eigenvalue weighted by molar-refractivity contribution is 5.95. The van der Waals surface area contributed by atoms with E-state index in [9.17, 15) is 9.59 Å². The molecule has 0 bridgehead atoms. The van der Waals surface area contributed by atoms with Crippen LogP contribution in [-0.2, 0) is 4.79 Å². The second-order valence-electron chi connectivity index (χ2n) is 6.30. The lowest BCUT2D eigenvalue weighted by Gasteiger charge is -2.17. The number of benzene rings is 1. The van der Waals surface area contributed by atoms with Crippen LogP contribution in [0.2, 0.25) is 0 Å². The molecule has 7 heteroatoms. The molecule has 1 N–H and O–H groups in total. The van der Waals surface area contributed by atoms with Crippen molar-refractivity contribution in [3.05, 3.63) is 66.6 Å². The van der Waals surface area contributed by atoms with Crippen LogP contribution in [0.5, 0.6) is 0 Å². The van der Waals surface area contributed by atoms with E-state index in [4.69, 9.17) is 0 Å². The summed E-state index contributed by atoms with van der Waals surface area (Å²) in [7, 11) is 0. The van der Waals surface area contributed by atoms with Gasteiger partial charge in [-0.2, -0.15) is 0 Å². The number of rotatable bonds is 3. The number of carbonyl (C=O) groups excluding carboxylic acids is 2. The molecular weight excluding hydrogens is 342 g/mol. The Bertz CT molecular complexity index is 896. The number of hydrogen-bond acceptors (Lipinski definition) is 4. The lowest BCUT2D eigenvalue weighted by atomic mass is 10.2. The molecule has 0 atom stereocenters. The predicted molar refractivity (Wildman–Crippen MR) is 100 cm³/mol. The third kappa shape index (κ3) is 3.57. The summed E-state index contributed by atoms with van der Waals surface area (Å²) in [4.78, 5) is 35.3. The Morgan fingerprint density at radius 2 is 1.89 bits per heavy atom. The van der Waals surface area contributed by atoms with Gasteiger partial charge in [0.15, 0.2) is 0 Å². The molecule has 0 unspecified atom stereocenters. The van der Waals surface area contributed by atoms with Crippen LogP contribution in [0.1, 0.15) is 16.9 Å². The van der Waals surface area contributed by atoms with E-state index >= 15 is 0 Å². The van der Waals surface area contributed by atoms with Crippen LogP contribution in [0.3, 0.4) is 0 Å². The van der Waals surface area contributed by atoms with Crippen LogP contribution in [0.15, 0.2) is 60.9 Å². The van der Waals surface area contributed by atoms with Gasteiger partial charge in [-0.1, -0.05) is 36.4 Å². The molecule has 1 aromatic carbocycles. The van der Waals surface area contributed by atoms with Crippen LogP contribution in [0.25, 0.3) is 17.2 Å². The Morgan fingerprint density at radius 3 is 2.67 bits per heavy atom. The van der Waals surface area contributed by atoms with Crippen molar-refractivity contribution in [3.63, 3.8) is 0 Å². The summed E-state index contributed by atoms with van der Waals surface area (Å²) in [6.45, 7) is 1.16. The molecule has 1 saturated heterocycles. The molecule has 0 aliphatic carbocycles. The monoisotopic (exact) mass is 361 g/mol. The van der Waals surface area contributed by atoms with Gasteiger partial charge in [-0.3, -0.25) is 14.2 Å². The first kappa shape index (κ1) is 17.0. The van der Waals surface area contributed by atoms with E-state index in [0.29, 0.717) is 30.4 Å². The average Bonchev–Trinajstić information content (AvgIpc) is 3.05. The lowest BCUT2D eigenvalue weighted by molar-refractivity contribution is -0.121. The minimum absolute atomic E-state index is 0.0515. The molecule has 3 heterocycles. The van der Waals surface area contributed by atoms with Crippen molar-refractivity contribution in [2.45, 2.75) is 6.42 Å². The standard InChI is InChI=1S/C20H19N5O2/c26-18-14-24(12-6-11-22-18)20(27)16-13-25(17-9-4-5-10-21-17)19(23-16)15-7-2-1-3-8-15/h1-5,7-10,13H,6,11-12,14H2,(H,22,26). The maximum absolute atomic E-state index is 13.0. The van der Waals surface area contributed by atoms with Gasteiger partial charge in [0.05, 0.1) is 6.54 Å². The van der Waals surface area contributed by atoms with E-state index in [2.05, 4.69) is 15.3 Å². The van der Waals surface area contributed by atoms with Crippen molar-refractivity contribution in [3.8, 4) is 17.2 Å². The van der Waals surface area contributed by atoms with Crippen LogP contribution >= 0.6 is 0 Å². The molecule has 4 rings (SSSR count). The van der Waals surface area contributed by atoms with E-state index in [0.717, 1.165) is 12.0 Å². The Kier molecular flexibility index (Phi) is 4.65. The Morgan fingerprint density at radius 1 is 1.07 bits per heavy atom. The number of imidazole rings is 1.